The summed E-state index contributed by atoms with van der Waals surface area (Å²) in [6, 6.07) is 23.1. The van der Waals surface area contributed by atoms with Crippen LogP contribution < -0.4 is 0 Å². The van der Waals surface area contributed by atoms with Crippen LogP contribution in [0.25, 0.3) is 33.9 Å². The zero-order valence-corrected chi connectivity index (χ0v) is 16.2. The first-order valence-electron chi connectivity index (χ1n) is 9.25. The van der Waals surface area contributed by atoms with Gasteiger partial charge in [-0.05, 0) is 61.6 Å². The lowest BCUT2D eigenvalue weighted by atomic mass is 9.94. The second kappa shape index (κ2) is 6.88. The standard InChI is InChI=1S/C25H23NO/c1-16-10-8-9-13-22(16)25-26-19(4)24(27-25)23-17(2)14-21(15-18(23)3)20-11-6-5-7-12-20/h5-15H,1-4H3. The molecule has 0 aliphatic carbocycles. The number of rotatable bonds is 3. The van der Waals surface area contributed by atoms with E-state index in [4.69, 9.17) is 9.40 Å². The van der Waals surface area contributed by atoms with Crippen molar-refractivity contribution in [2.24, 2.45) is 0 Å². The molecular weight excluding hydrogens is 330 g/mol. The molecule has 0 spiro atoms. The lowest BCUT2D eigenvalue weighted by Crippen LogP contribution is -1.91. The van der Waals surface area contributed by atoms with E-state index in [1.807, 2.05) is 25.1 Å². The minimum absolute atomic E-state index is 0.687. The van der Waals surface area contributed by atoms with Gasteiger partial charge < -0.3 is 4.42 Å². The maximum atomic E-state index is 6.26. The number of hydrogen-bond donors (Lipinski definition) is 0. The molecule has 3 aromatic carbocycles. The molecule has 0 radical (unpaired) electrons. The molecule has 4 rings (SSSR count). The van der Waals surface area contributed by atoms with E-state index < -0.39 is 0 Å². The molecule has 0 unspecified atom stereocenters. The summed E-state index contributed by atoms with van der Waals surface area (Å²) in [5.74, 6) is 1.55. The van der Waals surface area contributed by atoms with Crippen molar-refractivity contribution in [1.82, 2.24) is 4.98 Å². The molecular formula is C25H23NO. The molecule has 0 aliphatic heterocycles. The van der Waals surface area contributed by atoms with Crippen LogP contribution in [0.5, 0.6) is 0 Å². The van der Waals surface area contributed by atoms with E-state index in [1.54, 1.807) is 0 Å². The summed E-state index contributed by atoms with van der Waals surface area (Å²) in [6.45, 7) is 8.39. The zero-order valence-electron chi connectivity index (χ0n) is 16.2. The Balaban J connectivity index is 1.82. The Morgan fingerprint density at radius 1 is 0.667 bits per heavy atom. The molecule has 0 bridgehead atoms. The third kappa shape index (κ3) is 3.19. The van der Waals surface area contributed by atoms with E-state index in [9.17, 15) is 0 Å². The van der Waals surface area contributed by atoms with Crippen LogP contribution in [0.3, 0.4) is 0 Å². The lowest BCUT2D eigenvalue weighted by Gasteiger charge is -2.11. The molecule has 27 heavy (non-hydrogen) atoms. The van der Waals surface area contributed by atoms with Crippen LogP contribution in [0.1, 0.15) is 22.4 Å². The van der Waals surface area contributed by atoms with Gasteiger partial charge in [-0.3, -0.25) is 0 Å². The van der Waals surface area contributed by atoms with E-state index in [0.29, 0.717) is 5.89 Å². The van der Waals surface area contributed by atoms with Crippen LogP contribution >= 0.6 is 0 Å². The summed E-state index contributed by atoms with van der Waals surface area (Å²) in [6.07, 6.45) is 0. The summed E-state index contributed by atoms with van der Waals surface area (Å²) < 4.78 is 6.26. The normalized spacial score (nSPS) is 11.0. The summed E-state index contributed by atoms with van der Waals surface area (Å²) in [7, 11) is 0. The summed E-state index contributed by atoms with van der Waals surface area (Å²) in [5, 5.41) is 0. The molecule has 0 aliphatic rings. The number of oxazole rings is 1. The molecule has 2 heteroatoms. The van der Waals surface area contributed by atoms with Gasteiger partial charge in [0.25, 0.3) is 0 Å². The van der Waals surface area contributed by atoms with Crippen molar-refractivity contribution in [3.8, 4) is 33.9 Å². The molecule has 1 aromatic heterocycles. The van der Waals surface area contributed by atoms with E-state index >= 15 is 0 Å². The first kappa shape index (κ1) is 17.3. The molecule has 0 atom stereocenters. The number of aromatic nitrogens is 1. The molecule has 0 N–H and O–H groups in total. The largest absolute Gasteiger partial charge is 0.436 e. The molecule has 134 valence electrons. The molecule has 2 nitrogen and oxygen atoms in total. The average molecular weight is 353 g/mol. The van der Waals surface area contributed by atoms with Crippen molar-refractivity contribution in [3.05, 3.63) is 89.1 Å². The highest BCUT2D eigenvalue weighted by atomic mass is 16.4. The molecule has 4 aromatic rings. The van der Waals surface area contributed by atoms with Gasteiger partial charge in [-0.25, -0.2) is 4.98 Å². The Morgan fingerprint density at radius 2 is 1.30 bits per heavy atom. The zero-order chi connectivity index (χ0) is 19.0. The van der Waals surface area contributed by atoms with Gasteiger partial charge in [0.05, 0.1) is 5.69 Å². The second-order valence-corrected chi connectivity index (χ2v) is 7.10. The predicted octanol–water partition coefficient (Wildman–Crippen LogP) is 6.91. The van der Waals surface area contributed by atoms with Gasteiger partial charge in [0.2, 0.25) is 5.89 Å². The summed E-state index contributed by atoms with van der Waals surface area (Å²) >= 11 is 0. The van der Waals surface area contributed by atoms with E-state index in [1.165, 1.54) is 22.3 Å². The monoisotopic (exact) mass is 353 g/mol. The van der Waals surface area contributed by atoms with Crippen molar-refractivity contribution < 1.29 is 4.42 Å². The topological polar surface area (TPSA) is 26.0 Å². The van der Waals surface area contributed by atoms with Crippen molar-refractivity contribution in [1.29, 1.82) is 0 Å². The maximum absolute atomic E-state index is 6.26. The Labute approximate surface area is 160 Å². The molecule has 0 saturated carbocycles. The fourth-order valence-electron chi connectivity index (χ4n) is 3.68. The smallest absolute Gasteiger partial charge is 0.227 e. The van der Waals surface area contributed by atoms with Crippen molar-refractivity contribution in [2.45, 2.75) is 27.7 Å². The van der Waals surface area contributed by atoms with Crippen molar-refractivity contribution in [2.75, 3.05) is 0 Å². The molecule has 0 saturated heterocycles. The van der Waals surface area contributed by atoms with Crippen LogP contribution in [-0.4, -0.2) is 4.98 Å². The Hall–Kier alpha value is -3.13. The summed E-state index contributed by atoms with van der Waals surface area (Å²) in [4.78, 5) is 4.71. The van der Waals surface area contributed by atoms with E-state index in [0.717, 1.165) is 28.1 Å². The Kier molecular flexibility index (Phi) is 4.41. The van der Waals surface area contributed by atoms with Gasteiger partial charge in [-0.1, -0.05) is 60.7 Å². The fraction of sp³-hybridized carbons (Fsp3) is 0.160. The number of hydrogen-bond acceptors (Lipinski definition) is 2. The van der Waals surface area contributed by atoms with Gasteiger partial charge in [-0.2, -0.15) is 0 Å². The van der Waals surface area contributed by atoms with E-state index in [2.05, 4.69) is 69.3 Å². The minimum atomic E-state index is 0.687. The predicted molar refractivity (Wildman–Crippen MR) is 112 cm³/mol. The van der Waals surface area contributed by atoms with Gasteiger partial charge in [0, 0.05) is 11.1 Å². The average Bonchev–Trinajstić information content (AvgIpc) is 3.03. The van der Waals surface area contributed by atoms with Crippen LogP contribution in [0.15, 0.2) is 71.1 Å². The van der Waals surface area contributed by atoms with Crippen LogP contribution in [0.4, 0.5) is 0 Å². The summed E-state index contributed by atoms with van der Waals surface area (Å²) in [5.41, 5.74) is 9.12. The highest BCUT2D eigenvalue weighted by Gasteiger charge is 2.18. The third-order valence-corrected chi connectivity index (χ3v) is 5.04. The highest BCUT2D eigenvalue weighted by Crippen LogP contribution is 2.36. The van der Waals surface area contributed by atoms with Crippen molar-refractivity contribution in [3.63, 3.8) is 0 Å². The molecule has 1 heterocycles. The number of aryl methyl sites for hydroxylation is 4. The van der Waals surface area contributed by atoms with Gasteiger partial charge in [0.15, 0.2) is 5.76 Å². The lowest BCUT2D eigenvalue weighted by molar-refractivity contribution is 0.587. The van der Waals surface area contributed by atoms with Gasteiger partial charge >= 0.3 is 0 Å². The van der Waals surface area contributed by atoms with Crippen molar-refractivity contribution >= 4 is 0 Å². The second-order valence-electron chi connectivity index (χ2n) is 7.10. The van der Waals surface area contributed by atoms with Crippen LogP contribution in [-0.2, 0) is 0 Å². The third-order valence-electron chi connectivity index (χ3n) is 5.04. The number of nitrogens with zero attached hydrogens (tertiary/aromatic N) is 1. The Bertz CT molecular complexity index is 1080. The molecule has 0 amide bonds. The maximum Gasteiger partial charge on any atom is 0.227 e. The quantitative estimate of drug-likeness (QED) is 0.400. The highest BCUT2D eigenvalue weighted by molar-refractivity contribution is 5.76. The minimum Gasteiger partial charge on any atom is -0.436 e. The number of benzene rings is 3. The van der Waals surface area contributed by atoms with Gasteiger partial charge in [0.1, 0.15) is 0 Å². The van der Waals surface area contributed by atoms with Crippen LogP contribution in [0, 0.1) is 27.7 Å². The first-order valence-corrected chi connectivity index (χ1v) is 9.25. The first-order chi connectivity index (χ1) is 13.0. The Morgan fingerprint density at radius 3 is 1.96 bits per heavy atom. The van der Waals surface area contributed by atoms with E-state index in [-0.39, 0.29) is 0 Å². The fourth-order valence-corrected chi connectivity index (χ4v) is 3.68. The molecule has 0 fully saturated rings. The van der Waals surface area contributed by atoms with Gasteiger partial charge in [-0.15, -0.1) is 0 Å². The SMILES string of the molecule is Cc1ccccc1-c1nc(C)c(-c2c(C)cc(-c3ccccc3)cc2C)o1. The van der Waals surface area contributed by atoms with Crippen LogP contribution in [0.2, 0.25) is 0 Å².